The van der Waals surface area contributed by atoms with Crippen LogP contribution in [-0.4, -0.2) is 42.9 Å². The monoisotopic (exact) mass is 448 g/mol. The van der Waals surface area contributed by atoms with E-state index in [4.69, 9.17) is 16.3 Å². The molecule has 2 amide bonds. The Labute approximate surface area is 173 Å². The van der Waals surface area contributed by atoms with Crippen molar-refractivity contribution < 1.29 is 32.3 Å². The van der Waals surface area contributed by atoms with Gasteiger partial charge in [0.15, 0.2) is 6.61 Å². The summed E-state index contributed by atoms with van der Waals surface area (Å²) in [6.07, 6.45) is -4.67. The van der Waals surface area contributed by atoms with Crippen LogP contribution in [-0.2, 0) is 20.5 Å². The third-order valence-electron chi connectivity index (χ3n) is 3.63. The molecular weight excluding hydrogens is 433 g/mol. The van der Waals surface area contributed by atoms with E-state index in [2.05, 4.69) is 5.32 Å². The van der Waals surface area contributed by atoms with Crippen LogP contribution >= 0.6 is 22.9 Å². The average Bonchev–Trinajstić information content (AvgIpc) is 3.06. The van der Waals surface area contributed by atoms with Crippen molar-refractivity contribution in [3.63, 3.8) is 0 Å². The first-order valence-corrected chi connectivity index (χ1v) is 9.31. The molecule has 6 nitrogen and oxygen atoms in total. The number of anilines is 1. The summed E-state index contributed by atoms with van der Waals surface area (Å²) in [7, 11) is 1.30. The number of hydrogen-bond donors (Lipinski definition) is 1. The molecule has 0 aliphatic heterocycles. The lowest BCUT2D eigenvalue weighted by atomic mass is 10.2. The Morgan fingerprint density at radius 1 is 1.21 bits per heavy atom. The molecule has 0 bridgehead atoms. The summed E-state index contributed by atoms with van der Waals surface area (Å²) in [6.45, 7) is 0.800. The van der Waals surface area contributed by atoms with Crippen molar-refractivity contribution in [3.8, 4) is 0 Å². The third-order valence-corrected chi connectivity index (χ3v) is 4.94. The van der Waals surface area contributed by atoms with Crippen LogP contribution in [0.5, 0.6) is 0 Å². The zero-order valence-electron chi connectivity index (χ0n) is 15.3. The topological polar surface area (TPSA) is 75.7 Å². The molecule has 0 spiro atoms. The van der Waals surface area contributed by atoms with E-state index in [0.29, 0.717) is 10.9 Å². The van der Waals surface area contributed by atoms with Gasteiger partial charge in [0.05, 0.1) is 17.1 Å². The number of halogens is 4. The molecule has 0 fully saturated rings. The van der Waals surface area contributed by atoms with Crippen molar-refractivity contribution in [3.05, 3.63) is 50.7 Å². The number of nitrogens with zero attached hydrogens (tertiary/aromatic N) is 1. The van der Waals surface area contributed by atoms with Crippen LogP contribution in [0.2, 0.25) is 5.02 Å². The van der Waals surface area contributed by atoms with E-state index >= 15 is 0 Å². The standard InChI is InChI=1S/C18H16ClF3N2O4S/c1-10-3-6-14(29-10)17(27)28-9-16(26)24(2)8-15(25)23-11-4-5-13(19)12(7-11)18(20,21)22/h3-7H,8-9H2,1-2H3,(H,23,25). The van der Waals surface area contributed by atoms with E-state index < -0.39 is 47.7 Å². The minimum absolute atomic E-state index is 0.118. The number of likely N-dealkylation sites (N-methyl/N-ethyl adjacent to an activating group) is 1. The maximum Gasteiger partial charge on any atom is 0.417 e. The van der Waals surface area contributed by atoms with Crippen molar-refractivity contribution in [2.75, 3.05) is 25.5 Å². The number of nitrogens with one attached hydrogen (secondary N) is 1. The lowest BCUT2D eigenvalue weighted by Gasteiger charge is -2.17. The fourth-order valence-corrected chi connectivity index (χ4v) is 3.16. The molecule has 0 aliphatic rings. The number of carbonyl (C=O) groups excluding carboxylic acids is 3. The smallest absolute Gasteiger partial charge is 0.417 e. The summed E-state index contributed by atoms with van der Waals surface area (Å²) in [5, 5.41) is 1.77. The molecule has 0 unspecified atom stereocenters. The second-order valence-electron chi connectivity index (χ2n) is 5.98. The SMILES string of the molecule is Cc1ccc(C(=O)OCC(=O)N(C)CC(=O)Nc2ccc(Cl)c(C(F)(F)F)c2)s1. The number of thiophene rings is 1. The molecule has 2 rings (SSSR count). The van der Waals surface area contributed by atoms with E-state index in [1.165, 1.54) is 24.5 Å². The van der Waals surface area contributed by atoms with Crippen LogP contribution in [0.1, 0.15) is 20.1 Å². The van der Waals surface area contributed by atoms with Gasteiger partial charge in [-0.05, 0) is 37.3 Å². The number of hydrogen-bond acceptors (Lipinski definition) is 5. The molecule has 0 saturated carbocycles. The van der Waals surface area contributed by atoms with Crippen LogP contribution in [0.3, 0.4) is 0 Å². The summed E-state index contributed by atoms with van der Waals surface area (Å²) in [5.41, 5.74) is -1.20. The van der Waals surface area contributed by atoms with Crippen LogP contribution in [0.15, 0.2) is 30.3 Å². The maximum absolute atomic E-state index is 12.9. The van der Waals surface area contributed by atoms with Crippen molar-refractivity contribution in [2.45, 2.75) is 13.1 Å². The Morgan fingerprint density at radius 2 is 1.90 bits per heavy atom. The number of carbonyl (C=O) groups is 3. The molecule has 1 N–H and O–H groups in total. The zero-order valence-corrected chi connectivity index (χ0v) is 16.9. The molecule has 2 aromatic rings. The maximum atomic E-state index is 12.9. The highest BCUT2D eigenvalue weighted by atomic mass is 35.5. The number of amides is 2. The van der Waals surface area contributed by atoms with Gasteiger partial charge in [-0.2, -0.15) is 13.2 Å². The second-order valence-corrected chi connectivity index (χ2v) is 7.67. The molecule has 0 atom stereocenters. The van der Waals surface area contributed by atoms with E-state index in [-0.39, 0.29) is 5.69 Å². The van der Waals surface area contributed by atoms with Crippen molar-refractivity contribution >= 4 is 46.4 Å². The summed E-state index contributed by atoms with van der Waals surface area (Å²) in [5.74, 6) is -2.03. The largest absolute Gasteiger partial charge is 0.451 e. The van der Waals surface area contributed by atoms with Gasteiger partial charge in [-0.1, -0.05) is 11.6 Å². The number of rotatable bonds is 6. The Kier molecular flexibility index (Phi) is 7.26. The fraction of sp³-hybridized carbons (Fsp3) is 0.278. The number of benzene rings is 1. The predicted molar refractivity (Wildman–Crippen MR) is 102 cm³/mol. The summed E-state index contributed by atoms with van der Waals surface area (Å²) < 4.78 is 43.5. The second kappa shape index (κ2) is 9.27. The summed E-state index contributed by atoms with van der Waals surface area (Å²) >= 11 is 6.74. The van der Waals surface area contributed by atoms with Gasteiger partial charge in [-0.3, -0.25) is 9.59 Å². The van der Waals surface area contributed by atoms with Gasteiger partial charge in [0, 0.05) is 17.6 Å². The molecule has 156 valence electrons. The molecule has 1 heterocycles. The summed E-state index contributed by atoms with van der Waals surface area (Å²) in [6, 6.07) is 6.24. The van der Waals surface area contributed by atoms with Gasteiger partial charge in [-0.15, -0.1) is 11.3 Å². The molecule has 29 heavy (non-hydrogen) atoms. The number of alkyl halides is 3. The first kappa shape index (κ1) is 22.7. The van der Waals surface area contributed by atoms with Crippen molar-refractivity contribution in [1.29, 1.82) is 0 Å². The van der Waals surface area contributed by atoms with Gasteiger partial charge >= 0.3 is 12.1 Å². The quantitative estimate of drug-likeness (QED) is 0.678. The first-order chi connectivity index (χ1) is 13.5. The van der Waals surface area contributed by atoms with Gasteiger partial charge < -0.3 is 15.0 Å². The minimum atomic E-state index is -4.67. The Hall–Kier alpha value is -2.59. The molecule has 0 saturated heterocycles. The van der Waals surface area contributed by atoms with E-state index in [1.807, 2.05) is 6.92 Å². The molecule has 1 aromatic carbocycles. The van der Waals surface area contributed by atoms with Gasteiger partial charge in [0.25, 0.3) is 5.91 Å². The first-order valence-electron chi connectivity index (χ1n) is 8.11. The van der Waals surface area contributed by atoms with Crippen LogP contribution in [0.4, 0.5) is 18.9 Å². The van der Waals surface area contributed by atoms with E-state index in [1.54, 1.807) is 12.1 Å². The minimum Gasteiger partial charge on any atom is -0.451 e. The Balaban J connectivity index is 1.88. The van der Waals surface area contributed by atoms with Gasteiger partial charge in [0.2, 0.25) is 5.91 Å². The lowest BCUT2D eigenvalue weighted by molar-refractivity contribution is -0.137. The highest BCUT2D eigenvalue weighted by Crippen LogP contribution is 2.36. The fourth-order valence-electron chi connectivity index (χ4n) is 2.18. The number of esters is 1. The molecule has 0 aliphatic carbocycles. The molecule has 1 aromatic heterocycles. The number of aryl methyl sites for hydroxylation is 1. The van der Waals surface area contributed by atoms with Crippen LogP contribution in [0, 0.1) is 6.92 Å². The van der Waals surface area contributed by atoms with Crippen molar-refractivity contribution in [1.82, 2.24) is 4.90 Å². The van der Waals surface area contributed by atoms with Crippen molar-refractivity contribution in [2.24, 2.45) is 0 Å². The highest BCUT2D eigenvalue weighted by Gasteiger charge is 2.33. The number of ether oxygens (including phenoxy) is 1. The predicted octanol–water partition coefficient (Wildman–Crippen LogP) is 3.98. The normalized spacial score (nSPS) is 11.1. The van der Waals surface area contributed by atoms with Gasteiger partial charge in [0.1, 0.15) is 4.88 Å². The molecule has 11 heteroatoms. The Morgan fingerprint density at radius 3 is 2.48 bits per heavy atom. The third kappa shape index (κ3) is 6.47. The average molecular weight is 449 g/mol. The zero-order chi connectivity index (χ0) is 21.8. The van der Waals surface area contributed by atoms with E-state index in [9.17, 15) is 27.6 Å². The molecular formula is C18H16ClF3N2O4S. The van der Waals surface area contributed by atoms with Gasteiger partial charge in [-0.25, -0.2) is 4.79 Å². The molecule has 0 radical (unpaired) electrons. The van der Waals surface area contributed by atoms with Crippen LogP contribution < -0.4 is 5.32 Å². The summed E-state index contributed by atoms with van der Waals surface area (Å²) in [4.78, 5) is 38.1. The lowest BCUT2D eigenvalue weighted by Crippen LogP contribution is -2.37. The Bertz CT molecular complexity index is 930. The highest BCUT2D eigenvalue weighted by molar-refractivity contribution is 7.13. The van der Waals surface area contributed by atoms with Crippen LogP contribution in [0.25, 0.3) is 0 Å². The van der Waals surface area contributed by atoms with E-state index in [0.717, 1.165) is 15.8 Å².